The molecular formula is C15H21FN2S. The van der Waals surface area contributed by atoms with Crippen LogP contribution in [0.15, 0.2) is 23.2 Å². The number of rotatable bonds is 2. The first-order valence-corrected chi connectivity index (χ1v) is 7.46. The molecule has 1 aliphatic rings. The maximum absolute atomic E-state index is 13.5. The topological polar surface area (TPSA) is 24.4 Å². The minimum absolute atomic E-state index is 0.181. The van der Waals surface area contributed by atoms with Crippen molar-refractivity contribution in [3.05, 3.63) is 29.6 Å². The van der Waals surface area contributed by atoms with Gasteiger partial charge >= 0.3 is 0 Å². The summed E-state index contributed by atoms with van der Waals surface area (Å²) in [5.74, 6) is -0.181. The van der Waals surface area contributed by atoms with Crippen LogP contribution in [-0.4, -0.2) is 17.0 Å². The van der Waals surface area contributed by atoms with Crippen molar-refractivity contribution in [2.75, 3.05) is 11.9 Å². The molecule has 4 heteroatoms. The third-order valence-corrected chi connectivity index (χ3v) is 4.08. The maximum Gasteiger partial charge on any atom is 0.161 e. The molecule has 2 rings (SSSR count). The van der Waals surface area contributed by atoms with E-state index in [9.17, 15) is 4.39 Å². The van der Waals surface area contributed by atoms with Gasteiger partial charge in [0.1, 0.15) is 5.82 Å². The van der Waals surface area contributed by atoms with E-state index in [-0.39, 0.29) is 5.82 Å². The summed E-state index contributed by atoms with van der Waals surface area (Å²) in [5.41, 5.74) is 1.75. The van der Waals surface area contributed by atoms with Gasteiger partial charge in [0.2, 0.25) is 0 Å². The Balaban J connectivity index is 1.93. The van der Waals surface area contributed by atoms with Gasteiger partial charge in [0.05, 0.1) is 6.54 Å². The molecule has 0 saturated heterocycles. The smallest absolute Gasteiger partial charge is 0.161 e. The van der Waals surface area contributed by atoms with E-state index in [1.807, 2.05) is 6.07 Å². The summed E-state index contributed by atoms with van der Waals surface area (Å²) in [5, 5.41) is 4.62. The summed E-state index contributed by atoms with van der Waals surface area (Å²) in [7, 11) is 0. The fourth-order valence-corrected chi connectivity index (χ4v) is 3.44. The Hall–Kier alpha value is -1.03. The lowest BCUT2D eigenvalue weighted by atomic mass is 9.90. The van der Waals surface area contributed by atoms with Crippen molar-refractivity contribution in [2.45, 2.75) is 39.4 Å². The Labute approximate surface area is 118 Å². The number of halogens is 1. The number of amidine groups is 1. The summed E-state index contributed by atoms with van der Waals surface area (Å²) in [6, 6.07) is 5.19. The second-order valence-corrected chi connectivity index (χ2v) is 7.53. The molecule has 0 aromatic heterocycles. The highest BCUT2D eigenvalue weighted by molar-refractivity contribution is 8.15. The number of hydrogen-bond acceptors (Lipinski definition) is 3. The first-order valence-electron chi connectivity index (χ1n) is 6.58. The number of nitrogens with one attached hydrogen (secondary N) is 1. The minimum atomic E-state index is -0.181. The van der Waals surface area contributed by atoms with Gasteiger partial charge in [-0.05, 0) is 36.5 Å². The van der Waals surface area contributed by atoms with E-state index in [4.69, 9.17) is 0 Å². The van der Waals surface area contributed by atoms with Gasteiger partial charge in [0.15, 0.2) is 5.17 Å². The molecule has 1 unspecified atom stereocenters. The van der Waals surface area contributed by atoms with Gasteiger partial charge in [-0.1, -0.05) is 38.6 Å². The molecule has 1 heterocycles. The van der Waals surface area contributed by atoms with Crippen molar-refractivity contribution in [3.8, 4) is 0 Å². The summed E-state index contributed by atoms with van der Waals surface area (Å²) in [4.78, 5) is 4.49. The lowest BCUT2D eigenvalue weighted by Crippen LogP contribution is -2.16. The van der Waals surface area contributed by atoms with Crippen LogP contribution in [0, 0.1) is 18.2 Å². The van der Waals surface area contributed by atoms with Crippen LogP contribution in [0.4, 0.5) is 10.1 Å². The summed E-state index contributed by atoms with van der Waals surface area (Å²) >= 11 is 1.76. The zero-order valence-electron chi connectivity index (χ0n) is 12.0. The Bertz CT molecular complexity index is 491. The number of aryl methyl sites for hydroxylation is 1. The molecule has 0 fully saturated rings. The first-order chi connectivity index (χ1) is 8.83. The Kier molecular flexibility index (Phi) is 4.19. The molecule has 0 spiro atoms. The van der Waals surface area contributed by atoms with Gasteiger partial charge < -0.3 is 5.32 Å². The van der Waals surface area contributed by atoms with Crippen LogP contribution < -0.4 is 5.32 Å². The number of anilines is 1. The van der Waals surface area contributed by atoms with E-state index in [1.54, 1.807) is 24.8 Å². The number of thioether (sulfide) groups is 1. The Morgan fingerprint density at radius 1 is 1.42 bits per heavy atom. The lowest BCUT2D eigenvalue weighted by molar-refractivity contribution is 0.375. The zero-order chi connectivity index (χ0) is 14.0. The van der Waals surface area contributed by atoms with E-state index < -0.39 is 0 Å². The van der Waals surface area contributed by atoms with E-state index in [0.29, 0.717) is 16.2 Å². The van der Waals surface area contributed by atoms with Gasteiger partial charge in [-0.25, -0.2) is 4.39 Å². The average Bonchev–Trinajstić information content (AvgIpc) is 2.68. The molecule has 1 aromatic rings. The van der Waals surface area contributed by atoms with Crippen LogP contribution in [0.2, 0.25) is 0 Å². The van der Waals surface area contributed by atoms with E-state index in [2.05, 4.69) is 31.1 Å². The predicted octanol–water partition coefficient (Wildman–Crippen LogP) is 4.45. The molecule has 0 saturated carbocycles. The summed E-state index contributed by atoms with van der Waals surface area (Å²) < 4.78 is 13.5. The molecule has 1 aromatic carbocycles. The highest BCUT2D eigenvalue weighted by atomic mass is 32.2. The van der Waals surface area contributed by atoms with Crippen molar-refractivity contribution >= 4 is 22.6 Å². The molecule has 0 amide bonds. The van der Waals surface area contributed by atoms with Crippen LogP contribution in [-0.2, 0) is 0 Å². The predicted molar refractivity (Wildman–Crippen MR) is 82.5 cm³/mol. The largest absolute Gasteiger partial charge is 0.335 e. The van der Waals surface area contributed by atoms with Gasteiger partial charge in [-0.15, -0.1) is 0 Å². The Morgan fingerprint density at radius 3 is 2.79 bits per heavy atom. The van der Waals surface area contributed by atoms with Crippen LogP contribution in [0.5, 0.6) is 0 Å². The van der Waals surface area contributed by atoms with Crippen molar-refractivity contribution in [1.82, 2.24) is 0 Å². The van der Waals surface area contributed by atoms with Gasteiger partial charge in [-0.3, -0.25) is 4.99 Å². The first kappa shape index (κ1) is 14.4. The average molecular weight is 280 g/mol. The van der Waals surface area contributed by atoms with Gasteiger partial charge in [0, 0.05) is 10.9 Å². The fraction of sp³-hybridized carbons (Fsp3) is 0.533. The SMILES string of the molecule is Cc1ccc(NC2=NCC(CC(C)(C)C)S2)cc1F. The van der Waals surface area contributed by atoms with E-state index in [1.165, 1.54) is 6.07 Å². The zero-order valence-corrected chi connectivity index (χ0v) is 12.8. The third kappa shape index (κ3) is 4.23. The molecule has 104 valence electrons. The second-order valence-electron chi connectivity index (χ2n) is 6.24. The second kappa shape index (κ2) is 5.53. The van der Waals surface area contributed by atoms with Crippen LogP contribution >= 0.6 is 11.8 Å². The molecule has 1 atom stereocenters. The normalized spacial score (nSPS) is 19.4. The highest BCUT2D eigenvalue weighted by Crippen LogP contribution is 2.32. The van der Waals surface area contributed by atoms with Crippen molar-refractivity contribution in [3.63, 3.8) is 0 Å². The third-order valence-electron chi connectivity index (χ3n) is 2.98. The number of hydrogen-bond donors (Lipinski definition) is 1. The molecule has 0 aliphatic carbocycles. The molecular weight excluding hydrogens is 259 g/mol. The fourth-order valence-electron chi connectivity index (χ4n) is 2.07. The molecule has 19 heavy (non-hydrogen) atoms. The number of nitrogens with zero attached hydrogens (tertiary/aromatic N) is 1. The summed E-state index contributed by atoms with van der Waals surface area (Å²) in [6.07, 6.45) is 1.13. The molecule has 0 radical (unpaired) electrons. The Morgan fingerprint density at radius 2 is 2.16 bits per heavy atom. The lowest BCUT2D eigenvalue weighted by Gasteiger charge is -2.21. The summed E-state index contributed by atoms with van der Waals surface area (Å²) in [6.45, 7) is 9.34. The van der Waals surface area contributed by atoms with Crippen molar-refractivity contribution < 1.29 is 4.39 Å². The van der Waals surface area contributed by atoms with Crippen molar-refractivity contribution in [2.24, 2.45) is 10.4 Å². The van der Waals surface area contributed by atoms with Crippen LogP contribution in [0.25, 0.3) is 0 Å². The monoisotopic (exact) mass is 280 g/mol. The molecule has 1 N–H and O–H groups in total. The van der Waals surface area contributed by atoms with Gasteiger partial charge in [0.25, 0.3) is 0 Å². The highest BCUT2D eigenvalue weighted by Gasteiger charge is 2.25. The van der Waals surface area contributed by atoms with Crippen LogP contribution in [0.1, 0.15) is 32.8 Å². The van der Waals surface area contributed by atoms with Gasteiger partial charge in [-0.2, -0.15) is 0 Å². The standard InChI is InChI=1S/C15H21FN2S/c1-10-5-6-11(7-13(10)16)18-14-17-9-12(19-14)8-15(2,3)4/h5-7,12H,8-9H2,1-4H3,(H,17,18). The number of aliphatic imine (C=N–C) groups is 1. The number of benzene rings is 1. The maximum atomic E-state index is 13.5. The molecule has 2 nitrogen and oxygen atoms in total. The van der Waals surface area contributed by atoms with Crippen LogP contribution in [0.3, 0.4) is 0 Å². The van der Waals surface area contributed by atoms with Crippen molar-refractivity contribution in [1.29, 1.82) is 0 Å². The van der Waals surface area contributed by atoms with E-state index in [0.717, 1.165) is 23.8 Å². The molecule has 0 bridgehead atoms. The quantitative estimate of drug-likeness (QED) is 0.865. The minimum Gasteiger partial charge on any atom is -0.335 e. The molecule has 1 aliphatic heterocycles. The van der Waals surface area contributed by atoms with E-state index >= 15 is 0 Å².